The fraction of sp³-hybridized carbons (Fsp3) is 0.235. The number of hydrogen-bond acceptors (Lipinski definition) is 3. The van der Waals surface area contributed by atoms with Gasteiger partial charge in [-0.1, -0.05) is 15.9 Å². The van der Waals surface area contributed by atoms with Crippen molar-refractivity contribution in [1.82, 2.24) is 15.0 Å². The van der Waals surface area contributed by atoms with E-state index in [0.717, 1.165) is 20.9 Å². The van der Waals surface area contributed by atoms with Gasteiger partial charge in [0.1, 0.15) is 0 Å². The van der Waals surface area contributed by atoms with Gasteiger partial charge in [0.2, 0.25) is 5.91 Å². The average Bonchev–Trinajstić information content (AvgIpc) is 3.04. The summed E-state index contributed by atoms with van der Waals surface area (Å²) in [5.41, 5.74) is 1.39. The van der Waals surface area contributed by atoms with Crippen molar-refractivity contribution < 1.29 is 9.59 Å². The zero-order chi connectivity index (χ0) is 17.1. The van der Waals surface area contributed by atoms with Gasteiger partial charge in [-0.2, -0.15) is 0 Å². The molecule has 0 radical (unpaired) electrons. The van der Waals surface area contributed by atoms with Crippen molar-refractivity contribution >= 4 is 43.7 Å². The Balaban J connectivity index is 1.73. The summed E-state index contributed by atoms with van der Waals surface area (Å²) in [6.45, 7) is 1.11. The summed E-state index contributed by atoms with van der Waals surface area (Å²) in [5, 5.41) is 3.09. The second-order valence-corrected chi connectivity index (χ2v) is 7.33. The first-order valence-electron chi connectivity index (χ1n) is 7.52. The molecular formula is C17H15Br2N3O2. The highest BCUT2D eigenvalue weighted by Gasteiger charge is 2.31. The van der Waals surface area contributed by atoms with Crippen LogP contribution >= 0.6 is 31.9 Å². The van der Waals surface area contributed by atoms with Gasteiger partial charge in [-0.15, -0.1) is 0 Å². The van der Waals surface area contributed by atoms with Crippen molar-refractivity contribution in [3.8, 4) is 0 Å². The predicted octanol–water partition coefficient (Wildman–Crippen LogP) is 3.44. The number of carbonyl (C=O) groups excluding carboxylic acids is 2. The highest BCUT2D eigenvalue weighted by molar-refractivity contribution is 9.10. The monoisotopic (exact) mass is 451 g/mol. The smallest absolute Gasteiger partial charge is 0.272 e. The highest BCUT2D eigenvalue weighted by atomic mass is 79.9. The van der Waals surface area contributed by atoms with E-state index in [4.69, 9.17) is 0 Å². The Hall–Kier alpha value is -1.73. The van der Waals surface area contributed by atoms with E-state index in [9.17, 15) is 9.59 Å². The topological polar surface area (TPSA) is 53.5 Å². The van der Waals surface area contributed by atoms with Gasteiger partial charge in [-0.05, 0) is 58.2 Å². The van der Waals surface area contributed by atoms with Gasteiger partial charge in [0.25, 0.3) is 5.91 Å². The number of benzene rings is 1. The molecule has 7 heteroatoms. The third kappa shape index (κ3) is 3.84. The van der Waals surface area contributed by atoms with Crippen LogP contribution in [0.1, 0.15) is 22.3 Å². The molecule has 1 aliphatic rings. The highest BCUT2D eigenvalue weighted by Crippen LogP contribution is 2.19. The van der Waals surface area contributed by atoms with Gasteiger partial charge in [0.15, 0.2) is 0 Å². The molecule has 3 rings (SSSR count). The number of hydrazine groups is 1. The normalized spacial score (nSPS) is 14.1. The Kier molecular flexibility index (Phi) is 5.30. The summed E-state index contributed by atoms with van der Waals surface area (Å²) < 4.78 is 1.74. The number of hydrogen-bond donors (Lipinski definition) is 0. The second-order valence-electron chi connectivity index (χ2n) is 5.49. The molecule has 1 aliphatic heterocycles. The number of halogens is 2. The summed E-state index contributed by atoms with van der Waals surface area (Å²) >= 11 is 6.71. The number of amides is 2. The molecule has 5 nitrogen and oxygen atoms in total. The van der Waals surface area contributed by atoms with Crippen LogP contribution in [0.4, 0.5) is 0 Å². The zero-order valence-electron chi connectivity index (χ0n) is 12.8. The van der Waals surface area contributed by atoms with Crippen molar-refractivity contribution in [2.75, 3.05) is 13.1 Å². The number of pyridine rings is 1. The molecule has 1 aromatic heterocycles. The van der Waals surface area contributed by atoms with Crippen molar-refractivity contribution in [3.05, 3.63) is 62.8 Å². The van der Waals surface area contributed by atoms with Gasteiger partial charge < -0.3 is 0 Å². The number of aromatic nitrogens is 1. The quantitative estimate of drug-likeness (QED) is 0.716. The van der Waals surface area contributed by atoms with Crippen molar-refractivity contribution in [1.29, 1.82) is 0 Å². The van der Waals surface area contributed by atoms with Crippen LogP contribution in [-0.4, -0.2) is 39.9 Å². The summed E-state index contributed by atoms with van der Waals surface area (Å²) in [7, 11) is 0. The minimum absolute atomic E-state index is 0.0992. The van der Waals surface area contributed by atoms with Crippen LogP contribution in [0.2, 0.25) is 0 Å². The van der Waals surface area contributed by atoms with Crippen LogP contribution in [0.25, 0.3) is 0 Å². The second kappa shape index (κ2) is 7.44. The zero-order valence-corrected chi connectivity index (χ0v) is 16.0. The number of carbonyl (C=O) groups is 2. The molecular weight excluding hydrogens is 438 g/mol. The maximum Gasteiger partial charge on any atom is 0.272 e. The molecule has 24 heavy (non-hydrogen) atoms. The van der Waals surface area contributed by atoms with Gasteiger partial charge >= 0.3 is 0 Å². The molecule has 0 aliphatic carbocycles. The Labute approximate surface area is 156 Å². The largest absolute Gasteiger partial charge is 0.273 e. The van der Waals surface area contributed by atoms with Crippen LogP contribution in [0.3, 0.4) is 0 Å². The molecule has 1 aromatic carbocycles. The Morgan fingerprint density at radius 1 is 1.00 bits per heavy atom. The van der Waals surface area contributed by atoms with Crippen molar-refractivity contribution in [3.63, 3.8) is 0 Å². The predicted molar refractivity (Wildman–Crippen MR) is 97.1 cm³/mol. The summed E-state index contributed by atoms with van der Waals surface area (Å²) in [5.74, 6) is -0.251. The molecule has 2 aromatic rings. The van der Waals surface area contributed by atoms with E-state index in [-0.39, 0.29) is 18.2 Å². The molecule has 0 unspecified atom stereocenters. The van der Waals surface area contributed by atoms with Gasteiger partial charge in [0, 0.05) is 40.0 Å². The molecule has 2 heterocycles. The van der Waals surface area contributed by atoms with E-state index in [1.165, 1.54) is 5.01 Å². The molecule has 1 saturated heterocycles. The van der Waals surface area contributed by atoms with E-state index in [1.807, 2.05) is 18.2 Å². The lowest BCUT2D eigenvalue weighted by atomic mass is 10.2. The van der Waals surface area contributed by atoms with Crippen molar-refractivity contribution in [2.24, 2.45) is 0 Å². The molecule has 0 saturated carbocycles. The van der Waals surface area contributed by atoms with E-state index < -0.39 is 0 Å². The fourth-order valence-electron chi connectivity index (χ4n) is 2.64. The lowest BCUT2D eigenvalue weighted by molar-refractivity contribution is -0.139. The molecule has 2 amide bonds. The third-order valence-electron chi connectivity index (χ3n) is 3.76. The first-order valence-corrected chi connectivity index (χ1v) is 9.10. The van der Waals surface area contributed by atoms with Gasteiger partial charge in [-0.25, -0.2) is 5.01 Å². The lowest BCUT2D eigenvalue weighted by Gasteiger charge is -2.28. The number of rotatable bonds is 3. The van der Waals surface area contributed by atoms with E-state index in [2.05, 4.69) is 36.8 Å². The van der Waals surface area contributed by atoms with Crippen LogP contribution in [0.15, 0.2) is 51.7 Å². The standard InChI is InChI=1S/C17H15Br2N3O2/c18-14-4-2-13(3-5-14)17(24)22-7-1-6-21(22)16(23)9-12-8-15(19)11-20-10-12/h2-5,8,10-11H,1,6-7,9H2. The van der Waals surface area contributed by atoms with E-state index in [1.54, 1.807) is 29.5 Å². The SMILES string of the molecule is O=C(Cc1cncc(Br)c1)N1CCCN1C(=O)c1ccc(Br)cc1. The Morgan fingerprint density at radius 3 is 2.42 bits per heavy atom. The Bertz CT molecular complexity index is 765. The first-order chi connectivity index (χ1) is 11.5. The fourth-order valence-corrected chi connectivity index (χ4v) is 3.32. The summed E-state index contributed by atoms with van der Waals surface area (Å²) in [4.78, 5) is 29.4. The van der Waals surface area contributed by atoms with Crippen LogP contribution in [0.5, 0.6) is 0 Å². The number of nitrogens with zero attached hydrogens (tertiary/aromatic N) is 3. The van der Waals surface area contributed by atoms with Crippen LogP contribution < -0.4 is 0 Å². The maximum absolute atomic E-state index is 12.7. The summed E-state index contributed by atoms with van der Waals surface area (Å²) in [6, 6.07) is 9.02. The van der Waals surface area contributed by atoms with Crippen molar-refractivity contribution in [2.45, 2.75) is 12.8 Å². The van der Waals surface area contributed by atoms with Crippen LogP contribution in [0, 0.1) is 0 Å². The minimum Gasteiger partial charge on any atom is -0.273 e. The lowest BCUT2D eigenvalue weighted by Crippen LogP contribution is -2.45. The molecule has 1 fully saturated rings. The molecule has 0 spiro atoms. The molecule has 124 valence electrons. The van der Waals surface area contributed by atoms with Gasteiger partial charge in [0.05, 0.1) is 6.42 Å². The third-order valence-corrected chi connectivity index (χ3v) is 4.72. The van der Waals surface area contributed by atoms with Gasteiger partial charge in [-0.3, -0.25) is 19.6 Å². The average molecular weight is 453 g/mol. The molecule has 0 bridgehead atoms. The van der Waals surface area contributed by atoms with Crippen LogP contribution in [-0.2, 0) is 11.2 Å². The molecule has 0 N–H and O–H groups in total. The summed E-state index contributed by atoms with van der Waals surface area (Å²) in [6.07, 6.45) is 4.34. The maximum atomic E-state index is 12.7. The van der Waals surface area contributed by atoms with E-state index in [0.29, 0.717) is 18.7 Å². The Morgan fingerprint density at radius 2 is 1.71 bits per heavy atom. The first kappa shape index (κ1) is 17.1. The molecule has 0 atom stereocenters. The van der Waals surface area contributed by atoms with E-state index >= 15 is 0 Å². The minimum atomic E-state index is -0.152.